The van der Waals surface area contributed by atoms with E-state index in [1.54, 1.807) is 21.2 Å². The van der Waals surface area contributed by atoms with Crippen LogP contribution in [0.5, 0.6) is 0 Å². The highest BCUT2D eigenvalue weighted by Crippen LogP contribution is 2.22. The van der Waals surface area contributed by atoms with E-state index in [9.17, 15) is 4.79 Å². The van der Waals surface area contributed by atoms with Crippen molar-refractivity contribution in [3.8, 4) is 0 Å². The van der Waals surface area contributed by atoms with Crippen molar-refractivity contribution < 1.29 is 9.53 Å². The number of amides is 1. The average molecular weight is 363 g/mol. The quantitative estimate of drug-likeness (QED) is 0.399. The predicted octanol–water partition coefficient (Wildman–Crippen LogP) is 1.80. The molecule has 0 aliphatic rings. The van der Waals surface area contributed by atoms with Crippen LogP contribution in [-0.4, -0.2) is 64.2 Å². The highest BCUT2D eigenvalue weighted by atomic mass is 16.5. The molecular formula is C20H34N4O2. The van der Waals surface area contributed by atoms with Crippen molar-refractivity contribution in [3.05, 3.63) is 35.4 Å². The molecule has 0 radical (unpaired) electrons. The first-order valence-corrected chi connectivity index (χ1v) is 9.11. The Morgan fingerprint density at radius 1 is 1.19 bits per heavy atom. The maximum atomic E-state index is 11.8. The molecule has 1 rings (SSSR count). The number of likely N-dealkylation sites (N-methyl/N-ethyl adjacent to an activating group) is 1. The van der Waals surface area contributed by atoms with E-state index in [0.29, 0.717) is 25.7 Å². The van der Waals surface area contributed by atoms with Gasteiger partial charge in [-0.15, -0.1) is 0 Å². The smallest absolute Gasteiger partial charge is 0.243 e. The second kappa shape index (κ2) is 10.8. The number of aliphatic imine (C=N–C) groups is 1. The summed E-state index contributed by atoms with van der Waals surface area (Å²) in [6.07, 6.45) is 1.04. The van der Waals surface area contributed by atoms with Crippen LogP contribution in [0.1, 0.15) is 31.9 Å². The van der Waals surface area contributed by atoms with E-state index in [1.165, 1.54) is 16.0 Å². The van der Waals surface area contributed by atoms with Gasteiger partial charge in [0.15, 0.2) is 5.96 Å². The predicted molar refractivity (Wildman–Crippen MR) is 108 cm³/mol. The molecule has 0 aliphatic heterocycles. The monoisotopic (exact) mass is 362 g/mol. The van der Waals surface area contributed by atoms with Crippen LogP contribution in [0, 0.1) is 0 Å². The number of nitrogens with one attached hydrogen (secondary N) is 2. The lowest BCUT2D eigenvalue weighted by Gasteiger charge is -2.27. The first kappa shape index (κ1) is 22.0. The van der Waals surface area contributed by atoms with Crippen LogP contribution in [0.2, 0.25) is 0 Å². The van der Waals surface area contributed by atoms with E-state index in [4.69, 9.17) is 4.74 Å². The van der Waals surface area contributed by atoms with Gasteiger partial charge >= 0.3 is 0 Å². The van der Waals surface area contributed by atoms with Crippen LogP contribution >= 0.6 is 0 Å². The summed E-state index contributed by atoms with van der Waals surface area (Å²) in [5, 5.41) is 6.55. The minimum atomic E-state index is -0.0679. The van der Waals surface area contributed by atoms with Crippen molar-refractivity contribution in [1.82, 2.24) is 15.5 Å². The van der Waals surface area contributed by atoms with Crippen LogP contribution in [0.4, 0.5) is 0 Å². The summed E-state index contributed by atoms with van der Waals surface area (Å²) in [7, 11) is 5.11. The molecular weight excluding hydrogens is 328 g/mol. The Kier molecular flexibility index (Phi) is 9.13. The third-order valence-corrected chi connectivity index (χ3v) is 4.31. The zero-order valence-corrected chi connectivity index (χ0v) is 17.1. The van der Waals surface area contributed by atoms with Gasteiger partial charge < -0.3 is 20.3 Å². The fourth-order valence-corrected chi connectivity index (χ4v) is 2.33. The third-order valence-electron chi connectivity index (χ3n) is 4.31. The largest absolute Gasteiger partial charge is 0.383 e. The number of carbonyl (C=O) groups is 1. The molecule has 0 bridgehead atoms. The Morgan fingerprint density at radius 3 is 2.38 bits per heavy atom. The summed E-state index contributed by atoms with van der Waals surface area (Å²) in [6, 6.07) is 8.73. The molecule has 0 spiro atoms. The molecule has 0 aliphatic carbocycles. The molecule has 0 saturated heterocycles. The van der Waals surface area contributed by atoms with Gasteiger partial charge in [-0.1, -0.05) is 45.0 Å². The summed E-state index contributed by atoms with van der Waals surface area (Å²) in [5.74, 6) is 0.586. The number of aryl methyl sites for hydroxylation is 1. The summed E-state index contributed by atoms with van der Waals surface area (Å²) < 4.78 is 5.07. The Bertz CT molecular complexity index is 580. The number of carbonyl (C=O) groups excluding carboxylic acids is 1. The first-order chi connectivity index (χ1) is 12.3. The maximum Gasteiger partial charge on any atom is 0.243 e. The van der Waals surface area contributed by atoms with Gasteiger partial charge in [0, 0.05) is 39.7 Å². The molecule has 0 saturated carbocycles. The van der Waals surface area contributed by atoms with Crippen LogP contribution in [-0.2, 0) is 21.4 Å². The number of methoxy groups -OCH3 is 1. The Hall–Kier alpha value is -2.08. The van der Waals surface area contributed by atoms with E-state index in [0.717, 1.165) is 6.42 Å². The molecule has 0 fully saturated rings. The summed E-state index contributed by atoms with van der Waals surface area (Å²) in [5.41, 5.74) is 2.53. The second-order valence-electron chi connectivity index (χ2n) is 7.16. The van der Waals surface area contributed by atoms with Crippen molar-refractivity contribution >= 4 is 11.9 Å². The number of rotatable bonds is 9. The van der Waals surface area contributed by atoms with Crippen LogP contribution in [0.3, 0.4) is 0 Å². The van der Waals surface area contributed by atoms with Gasteiger partial charge in [-0.3, -0.25) is 4.79 Å². The Morgan fingerprint density at radius 2 is 1.85 bits per heavy atom. The van der Waals surface area contributed by atoms with Gasteiger partial charge in [0.2, 0.25) is 5.91 Å². The minimum absolute atomic E-state index is 0.0349. The van der Waals surface area contributed by atoms with E-state index in [-0.39, 0.29) is 17.9 Å². The summed E-state index contributed by atoms with van der Waals surface area (Å²) in [6.45, 7) is 8.56. The molecule has 2 N–H and O–H groups in total. The maximum absolute atomic E-state index is 11.8. The summed E-state index contributed by atoms with van der Waals surface area (Å²) >= 11 is 0. The Balaban J connectivity index is 2.74. The molecule has 6 heteroatoms. The molecule has 146 valence electrons. The Labute approximate surface area is 158 Å². The highest BCUT2D eigenvalue weighted by molar-refractivity contribution is 5.84. The SMILES string of the molecule is CCc1ccc(C(C)(C)CNC(=NCC(=O)N(C)C)NCCOC)cc1. The number of guanidine groups is 1. The van der Waals surface area contributed by atoms with Crippen molar-refractivity contribution in [1.29, 1.82) is 0 Å². The number of hydrogen-bond acceptors (Lipinski definition) is 3. The van der Waals surface area contributed by atoms with Crippen molar-refractivity contribution in [3.63, 3.8) is 0 Å². The molecule has 6 nitrogen and oxygen atoms in total. The third kappa shape index (κ3) is 7.44. The number of nitrogens with zero attached hydrogens (tertiary/aromatic N) is 2. The van der Waals surface area contributed by atoms with Crippen LogP contribution in [0.15, 0.2) is 29.3 Å². The molecule has 26 heavy (non-hydrogen) atoms. The standard InChI is InChI=1S/C20H34N4O2/c1-7-16-8-10-17(11-9-16)20(2,3)15-23-19(21-12-13-26-6)22-14-18(25)24(4)5/h8-11H,7,12-15H2,1-6H3,(H2,21,22,23). The topological polar surface area (TPSA) is 66.0 Å². The first-order valence-electron chi connectivity index (χ1n) is 9.11. The van der Waals surface area contributed by atoms with E-state index >= 15 is 0 Å². The van der Waals surface area contributed by atoms with Crippen LogP contribution in [0.25, 0.3) is 0 Å². The zero-order valence-electron chi connectivity index (χ0n) is 17.1. The summed E-state index contributed by atoms with van der Waals surface area (Å²) in [4.78, 5) is 17.7. The molecule has 0 aromatic heterocycles. The van der Waals surface area contributed by atoms with Crippen molar-refractivity contribution in [2.45, 2.75) is 32.6 Å². The molecule has 0 heterocycles. The van der Waals surface area contributed by atoms with E-state index in [1.807, 2.05) is 0 Å². The van der Waals surface area contributed by atoms with E-state index < -0.39 is 0 Å². The highest BCUT2D eigenvalue weighted by Gasteiger charge is 2.21. The fourth-order valence-electron chi connectivity index (χ4n) is 2.33. The van der Waals surface area contributed by atoms with E-state index in [2.05, 4.69) is 60.7 Å². The van der Waals surface area contributed by atoms with Gasteiger partial charge in [0.1, 0.15) is 6.54 Å². The lowest BCUT2D eigenvalue weighted by atomic mass is 9.84. The van der Waals surface area contributed by atoms with Gasteiger partial charge in [-0.2, -0.15) is 0 Å². The minimum Gasteiger partial charge on any atom is -0.383 e. The molecule has 1 aromatic carbocycles. The molecule has 1 amide bonds. The zero-order chi connectivity index (χ0) is 19.6. The number of ether oxygens (including phenoxy) is 1. The van der Waals surface area contributed by atoms with Crippen molar-refractivity contribution in [2.24, 2.45) is 4.99 Å². The number of benzene rings is 1. The van der Waals surface area contributed by atoms with Gasteiger partial charge in [0.25, 0.3) is 0 Å². The van der Waals surface area contributed by atoms with Gasteiger partial charge in [0.05, 0.1) is 6.61 Å². The van der Waals surface area contributed by atoms with Crippen molar-refractivity contribution in [2.75, 3.05) is 47.4 Å². The molecule has 0 atom stereocenters. The second-order valence-corrected chi connectivity index (χ2v) is 7.16. The molecule has 0 unspecified atom stereocenters. The average Bonchev–Trinajstić information content (AvgIpc) is 2.63. The number of hydrogen-bond donors (Lipinski definition) is 2. The fraction of sp³-hybridized carbons (Fsp3) is 0.600. The lowest BCUT2D eigenvalue weighted by molar-refractivity contribution is -0.127. The normalized spacial score (nSPS) is 12.0. The van der Waals surface area contributed by atoms with Gasteiger partial charge in [-0.05, 0) is 17.5 Å². The van der Waals surface area contributed by atoms with Crippen LogP contribution < -0.4 is 10.6 Å². The van der Waals surface area contributed by atoms with Gasteiger partial charge in [-0.25, -0.2) is 4.99 Å². The molecule has 1 aromatic rings. The lowest BCUT2D eigenvalue weighted by Crippen LogP contribution is -2.45.